The zero-order valence-corrected chi connectivity index (χ0v) is 12.2. The van der Waals surface area contributed by atoms with Gasteiger partial charge in [-0.15, -0.1) is 0 Å². The van der Waals surface area contributed by atoms with E-state index in [9.17, 15) is 0 Å². The second kappa shape index (κ2) is 6.76. The molecule has 1 aliphatic rings. The van der Waals surface area contributed by atoms with E-state index in [0.717, 1.165) is 22.6 Å². The average molecular weight is 304 g/mol. The number of ether oxygens (including phenoxy) is 2. The summed E-state index contributed by atoms with van der Waals surface area (Å²) in [5, 5.41) is 0. The molecule has 0 bridgehead atoms. The van der Waals surface area contributed by atoms with Crippen molar-refractivity contribution in [1.82, 2.24) is 0 Å². The van der Waals surface area contributed by atoms with Crippen LogP contribution in [0, 0.1) is 0 Å². The molecule has 2 aromatic rings. The van der Waals surface area contributed by atoms with E-state index < -0.39 is 12.6 Å². The van der Waals surface area contributed by atoms with Crippen LogP contribution in [-0.4, -0.2) is 14.2 Å². The molecule has 1 heterocycles. The lowest BCUT2D eigenvalue weighted by atomic mass is 10.2. The molecular weight excluding hydrogens is 288 g/mol. The van der Waals surface area contributed by atoms with E-state index in [-0.39, 0.29) is 0 Å². The Bertz CT molecular complexity index is 532. The topological polar surface area (TPSA) is 55.4 Å². The van der Waals surface area contributed by atoms with Gasteiger partial charge in [-0.2, -0.15) is 19.6 Å². The van der Waals surface area contributed by atoms with Crippen molar-refractivity contribution in [3.05, 3.63) is 59.7 Å². The molecule has 6 heteroatoms. The molecule has 1 aliphatic heterocycles. The molecule has 1 fully saturated rings. The predicted molar refractivity (Wildman–Crippen MR) is 75.8 cm³/mol. The molecule has 0 unspecified atom stereocenters. The number of hydrogen-bond acceptors (Lipinski definition) is 6. The van der Waals surface area contributed by atoms with E-state index >= 15 is 0 Å². The lowest BCUT2D eigenvalue weighted by Gasteiger charge is -2.27. The Morgan fingerprint density at radius 1 is 0.591 bits per heavy atom. The van der Waals surface area contributed by atoms with Crippen LogP contribution in [-0.2, 0) is 19.6 Å². The first-order valence-corrected chi connectivity index (χ1v) is 6.72. The molecule has 3 rings (SSSR count). The van der Waals surface area contributed by atoms with Gasteiger partial charge in [-0.05, 0) is 24.3 Å². The molecule has 0 amide bonds. The fraction of sp³-hybridized carbons (Fsp3) is 0.250. The summed E-state index contributed by atoms with van der Waals surface area (Å²) in [5.74, 6) is 1.50. The highest BCUT2D eigenvalue weighted by Gasteiger charge is 2.28. The minimum absolute atomic E-state index is 0.748. The smallest absolute Gasteiger partial charge is 0.249 e. The molecule has 0 aromatic heterocycles. The third-order valence-electron chi connectivity index (χ3n) is 3.24. The van der Waals surface area contributed by atoms with Gasteiger partial charge in [-0.25, -0.2) is 0 Å². The number of benzene rings is 2. The summed E-state index contributed by atoms with van der Waals surface area (Å²) in [6.07, 6.45) is -1.50. The Balaban J connectivity index is 1.61. The molecule has 22 heavy (non-hydrogen) atoms. The average Bonchev–Trinajstić information content (AvgIpc) is 2.62. The Kier molecular flexibility index (Phi) is 4.55. The van der Waals surface area contributed by atoms with Crippen molar-refractivity contribution in [2.45, 2.75) is 12.6 Å². The Labute approximate surface area is 127 Å². The molecule has 0 radical (unpaired) electrons. The quantitative estimate of drug-likeness (QED) is 0.808. The molecule has 0 saturated carbocycles. The monoisotopic (exact) mass is 304 g/mol. The molecular formula is C16H16O6. The summed E-state index contributed by atoms with van der Waals surface area (Å²) in [7, 11) is 3.21. The first kappa shape index (κ1) is 14.8. The first-order chi connectivity index (χ1) is 10.8. The Hall–Kier alpha value is -2.12. The molecule has 116 valence electrons. The zero-order valence-electron chi connectivity index (χ0n) is 12.2. The van der Waals surface area contributed by atoms with Crippen molar-refractivity contribution in [2.24, 2.45) is 0 Å². The fourth-order valence-corrected chi connectivity index (χ4v) is 1.98. The van der Waals surface area contributed by atoms with Crippen molar-refractivity contribution in [1.29, 1.82) is 0 Å². The van der Waals surface area contributed by atoms with Crippen LogP contribution in [0.4, 0.5) is 0 Å². The van der Waals surface area contributed by atoms with Crippen LogP contribution in [0.25, 0.3) is 0 Å². The lowest BCUT2D eigenvalue weighted by Crippen LogP contribution is -2.22. The second-order valence-corrected chi connectivity index (χ2v) is 4.60. The van der Waals surface area contributed by atoms with E-state index in [1.807, 2.05) is 24.3 Å². The van der Waals surface area contributed by atoms with E-state index in [1.165, 1.54) is 0 Å². The number of methoxy groups -OCH3 is 2. The van der Waals surface area contributed by atoms with Gasteiger partial charge in [-0.1, -0.05) is 24.3 Å². The lowest BCUT2D eigenvalue weighted by molar-refractivity contribution is -0.600. The van der Waals surface area contributed by atoms with Crippen molar-refractivity contribution in [2.75, 3.05) is 14.2 Å². The van der Waals surface area contributed by atoms with Gasteiger partial charge in [0.2, 0.25) is 12.6 Å². The van der Waals surface area contributed by atoms with Gasteiger partial charge in [0, 0.05) is 11.1 Å². The standard InChI is InChI=1S/C16H16O6/c1-17-13-7-3-11(4-8-13)15-19-21-16(22-20-15)12-5-9-14(18-2)10-6-12/h3-10,15-16H,1-2H3. The third kappa shape index (κ3) is 3.20. The molecule has 1 saturated heterocycles. The minimum atomic E-state index is -0.750. The molecule has 2 aromatic carbocycles. The van der Waals surface area contributed by atoms with E-state index in [1.54, 1.807) is 38.5 Å². The van der Waals surface area contributed by atoms with Gasteiger partial charge in [-0.3, -0.25) is 0 Å². The fourth-order valence-electron chi connectivity index (χ4n) is 1.98. The van der Waals surface area contributed by atoms with Gasteiger partial charge in [0.15, 0.2) is 0 Å². The van der Waals surface area contributed by atoms with Crippen molar-refractivity contribution >= 4 is 0 Å². The van der Waals surface area contributed by atoms with Crippen LogP contribution in [0.5, 0.6) is 11.5 Å². The summed E-state index contributed by atoms with van der Waals surface area (Å²) in [6, 6.07) is 14.5. The molecule has 0 atom stereocenters. The summed E-state index contributed by atoms with van der Waals surface area (Å²) in [5.41, 5.74) is 1.52. The highest BCUT2D eigenvalue weighted by Crippen LogP contribution is 2.33. The molecule has 0 spiro atoms. The van der Waals surface area contributed by atoms with Gasteiger partial charge < -0.3 is 9.47 Å². The maximum atomic E-state index is 5.24. The summed E-state index contributed by atoms with van der Waals surface area (Å²) < 4.78 is 10.2. The van der Waals surface area contributed by atoms with Crippen LogP contribution in [0.1, 0.15) is 23.7 Å². The highest BCUT2D eigenvalue weighted by atomic mass is 17.4. The zero-order chi connectivity index (χ0) is 15.4. The van der Waals surface area contributed by atoms with Crippen LogP contribution in [0.2, 0.25) is 0 Å². The normalized spacial score (nSPS) is 21.4. The molecule has 6 nitrogen and oxygen atoms in total. The van der Waals surface area contributed by atoms with Crippen LogP contribution in [0.15, 0.2) is 48.5 Å². The Morgan fingerprint density at radius 2 is 0.909 bits per heavy atom. The summed E-state index contributed by atoms with van der Waals surface area (Å²) in [4.78, 5) is 21.0. The molecule has 0 aliphatic carbocycles. The Morgan fingerprint density at radius 3 is 1.18 bits per heavy atom. The number of rotatable bonds is 4. The van der Waals surface area contributed by atoms with Crippen molar-refractivity contribution < 1.29 is 29.0 Å². The van der Waals surface area contributed by atoms with Crippen LogP contribution in [0.3, 0.4) is 0 Å². The first-order valence-electron chi connectivity index (χ1n) is 6.72. The van der Waals surface area contributed by atoms with Crippen LogP contribution < -0.4 is 9.47 Å². The highest BCUT2D eigenvalue weighted by molar-refractivity contribution is 5.28. The van der Waals surface area contributed by atoms with E-state index in [2.05, 4.69) is 0 Å². The van der Waals surface area contributed by atoms with Crippen molar-refractivity contribution in [3.63, 3.8) is 0 Å². The SMILES string of the molecule is COc1ccc(C2OOC(c3ccc(OC)cc3)OO2)cc1. The largest absolute Gasteiger partial charge is 0.497 e. The maximum Gasteiger partial charge on any atom is 0.249 e. The van der Waals surface area contributed by atoms with Gasteiger partial charge in [0.25, 0.3) is 0 Å². The summed E-state index contributed by atoms with van der Waals surface area (Å²) in [6.45, 7) is 0. The van der Waals surface area contributed by atoms with E-state index in [4.69, 9.17) is 29.0 Å². The van der Waals surface area contributed by atoms with Gasteiger partial charge in [0.05, 0.1) is 14.2 Å². The predicted octanol–water partition coefficient (Wildman–Crippen LogP) is 3.31. The maximum absolute atomic E-state index is 5.24. The minimum Gasteiger partial charge on any atom is -0.497 e. The molecule has 0 N–H and O–H groups in total. The van der Waals surface area contributed by atoms with Crippen LogP contribution >= 0.6 is 0 Å². The second-order valence-electron chi connectivity index (χ2n) is 4.60. The van der Waals surface area contributed by atoms with E-state index in [0.29, 0.717) is 0 Å². The summed E-state index contributed by atoms with van der Waals surface area (Å²) >= 11 is 0. The van der Waals surface area contributed by atoms with Gasteiger partial charge in [0.1, 0.15) is 11.5 Å². The third-order valence-corrected chi connectivity index (χ3v) is 3.24. The van der Waals surface area contributed by atoms with Gasteiger partial charge >= 0.3 is 0 Å². The number of hydrogen-bond donors (Lipinski definition) is 0. The van der Waals surface area contributed by atoms with Crippen molar-refractivity contribution in [3.8, 4) is 11.5 Å².